The van der Waals surface area contributed by atoms with Gasteiger partial charge in [0.15, 0.2) is 11.0 Å². The van der Waals surface area contributed by atoms with Crippen LogP contribution in [0.1, 0.15) is 22.3 Å². The second-order valence-corrected chi connectivity index (χ2v) is 9.35. The summed E-state index contributed by atoms with van der Waals surface area (Å²) in [7, 11) is -3.21. The Morgan fingerprint density at radius 2 is 1.90 bits per heavy atom. The molecule has 1 amide bonds. The third-order valence-corrected chi connectivity index (χ3v) is 7.23. The highest BCUT2D eigenvalue weighted by molar-refractivity contribution is 7.89. The van der Waals surface area contributed by atoms with Crippen LogP contribution in [0.15, 0.2) is 57.7 Å². The van der Waals surface area contributed by atoms with Crippen molar-refractivity contribution < 1.29 is 17.6 Å². The number of amides is 1. The molecule has 0 radical (unpaired) electrons. The largest absolute Gasteiger partial charge is 0.455 e. The summed E-state index contributed by atoms with van der Waals surface area (Å²) in [4.78, 5) is 25.7. The molecule has 1 aromatic heterocycles. The second kappa shape index (κ2) is 8.04. The van der Waals surface area contributed by atoms with Gasteiger partial charge in [-0.3, -0.25) is 9.59 Å². The first-order valence-corrected chi connectivity index (χ1v) is 11.4. The zero-order valence-electron chi connectivity index (χ0n) is 16.6. The van der Waals surface area contributed by atoms with Gasteiger partial charge >= 0.3 is 0 Å². The van der Waals surface area contributed by atoms with E-state index in [9.17, 15) is 18.0 Å². The summed E-state index contributed by atoms with van der Waals surface area (Å²) in [6.07, 6.45) is 0.604. The summed E-state index contributed by atoms with van der Waals surface area (Å²) in [6.45, 7) is 2.57. The van der Waals surface area contributed by atoms with Crippen molar-refractivity contribution in [2.45, 2.75) is 13.3 Å². The van der Waals surface area contributed by atoms with Crippen LogP contribution >= 0.6 is 0 Å². The zero-order valence-corrected chi connectivity index (χ0v) is 17.4. The maximum Gasteiger partial charge on any atom is 0.255 e. The minimum Gasteiger partial charge on any atom is -0.455 e. The van der Waals surface area contributed by atoms with E-state index < -0.39 is 15.9 Å². The van der Waals surface area contributed by atoms with Crippen LogP contribution in [0, 0.1) is 6.92 Å². The van der Waals surface area contributed by atoms with Crippen LogP contribution in [-0.4, -0.2) is 44.0 Å². The molecule has 0 saturated carbocycles. The molecular weight excluding hydrogens is 404 g/mol. The number of benzene rings is 2. The van der Waals surface area contributed by atoms with Gasteiger partial charge in [0.1, 0.15) is 5.76 Å². The van der Waals surface area contributed by atoms with E-state index in [2.05, 4.69) is 5.32 Å². The number of hydrogen-bond acceptors (Lipinski definition) is 5. The highest BCUT2D eigenvalue weighted by Gasteiger charge is 2.27. The smallest absolute Gasteiger partial charge is 0.255 e. The van der Waals surface area contributed by atoms with Gasteiger partial charge in [0.05, 0.1) is 16.7 Å². The molecule has 0 aliphatic carbocycles. The number of carbonyl (C=O) groups excluding carboxylic acids is 1. The van der Waals surface area contributed by atoms with Crippen molar-refractivity contribution in [3.05, 3.63) is 69.9 Å². The predicted octanol–water partition coefficient (Wildman–Crippen LogP) is 2.53. The molecule has 0 atom stereocenters. The number of fused-ring (bicyclic) bond motifs is 1. The van der Waals surface area contributed by atoms with E-state index in [0.717, 1.165) is 5.56 Å². The molecule has 156 valence electrons. The number of nitrogens with one attached hydrogen (secondary N) is 1. The minimum absolute atomic E-state index is 0.150. The van der Waals surface area contributed by atoms with Gasteiger partial charge < -0.3 is 9.73 Å². The van der Waals surface area contributed by atoms with Crippen molar-refractivity contribution in [3.8, 4) is 11.3 Å². The lowest BCUT2D eigenvalue weighted by molar-refractivity contribution is 0.0952. The van der Waals surface area contributed by atoms with Crippen LogP contribution in [0.2, 0.25) is 0 Å². The molecule has 3 aromatic rings. The van der Waals surface area contributed by atoms with E-state index in [0.29, 0.717) is 29.7 Å². The molecule has 8 heteroatoms. The number of para-hydroxylation sites is 1. The summed E-state index contributed by atoms with van der Waals surface area (Å²) in [5.74, 6) is 0.163. The fourth-order valence-corrected chi connectivity index (χ4v) is 5.21. The Morgan fingerprint density at radius 3 is 2.60 bits per heavy atom. The highest BCUT2D eigenvalue weighted by Crippen LogP contribution is 2.27. The van der Waals surface area contributed by atoms with Crippen molar-refractivity contribution >= 4 is 26.9 Å². The number of rotatable bonds is 5. The maximum absolute atomic E-state index is 12.9. The molecule has 0 bridgehead atoms. The van der Waals surface area contributed by atoms with Crippen LogP contribution in [0.25, 0.3) is 22.3 Å². The predicted molar refractivity (Wildman–Crippen MR) is 115 cm³/mol. The van der Waals surface area contributed by atoms with Gasteiger partial charge in [-0.2, -0.15) is 0 Å². The van der Waals surface area contributed by atoms with E-state index in [1.807, 2.05) is 30.3 Å². The van der Waals surface area contributed by atoms with Crippen molar-refractivity contribution in [1.82, 2.24) is 9.62 Å². The van der Waals surface area contributed by atoms with Crippen LogP contribution in [0.3, 0.4) is 0 Å². The molecule has 4 rings (SSSR count). The van der Waals surface area contributed by atoms with Crippen LogP contribution in [0.5, 0.6) is 0 Å². The number of hydrogen-bond donors (Lipinski definition) is 1. The van der Waals surface area contributed by atoms with Crippen LogP contribution in [0.4, 0.5) is 0 Å². The first-order valence-electron chi connectivity index (χ1n) is 9.76. The summed E-state index contributed by atoms with van der Waals surface area (Å²) < 4.78 is 31.2. The Bertz CT molecular complexity index is 1270. The summed E-state index contributed by atoms with van der Waals surface area (Å²) in [5.41, 5.74) is 1.51. The first-order chi connectivity index (χ1) is 14.4. The Hall–Kier alpha value is -2.97. The van der Waals surface area contributed by atoms with E-state index in [4.69, 9.17) is 4.42 Å². The van der Waals surface area contributed by atoms with Crippen LogP contribution in [-0.2, 0) is 10.0 Å². The molecular formula is C22H22N2O5S. The lowest BCUT2D eigenvalue weighted by atomic mass is 10.0. The van der Waals surface area contributed by atoms with E-state index in [1.165, 1.54) is 4.31 Å². The zero-order chi connectivity index (χ0) is 21.3. The van der Waals surface area contributed by atoms with Gasteiger partial charge in [-0.1, -0.05) is 36.4 Å². The SMILES string of the molecule is Cc1c(-c2ccccc2)oc2c(C(=O)NCCN3CCCS3(=O)=O)cccc2c1=O. The number of carbonyl (C=O) groups is 1. The fraction of sp³-hybridized carbons (Fsp3) is 0.273. The average Bonchev–Trinajstić information content (AvgIpc) is 3.08. The third kappa shape index (κ3) is 3.76. The molecule has 7 nitrogen and oxygen atoms in total. The summed E-state index contributed by atoms with van der Waals surface area (Å²) in [5, 5.41) is 3.08. The standard InChI is InChI=1S/C22H22N2O5S/c1-15-19(25)17-9-5-10-18(21(17)29-20(15)16-7-3-2-4-8-16)22(26)23-11-13-24-12-6-14-30(24,27)28/h2-5,7-10H,6,11-14H2,1H3,(H,23,26). The van der Waals surface area contributed by atoms with Gasteiger partial charge in [-0.05, 0) is 25.5 Å². The molecule has 1 aliphatic rings. The number of nitrogens with zero attached hydrogens (tertiary/aromatic N) is 1. The Balaban J connectivity index is 1.65. The average molecular weight is 426 g/mol. The third-order valence-electron chi connectivity index (χ3n) is 5.28. The van der Waals surface area contributed by atoms with E-state index in [1.54, 1.807) is 25.1 Å². The van der Waals surface area contributed by atoms with E-state index >= 15 is 0 Å². The monoisotopic (exact) mass is 426 g/mol. The van der Waals surface area contributed by atoms with Crippen molar-refractivity contribution in [3.63, 3.8) is 0 Å². The van der Waals surface area contributed by atoms with Crippen LogP contribution < -0.4 is 10.7 Å². The van der Waals surface area contributed by atoms with Crippen molar-refractivity contribution in [2.75, 3.05) is 25.4 Å². The molecule has 1 N–H and O–H groups in total. The van der Waals surface area contributed by atoms with Gasteiger partial charge in [0, 0.05) is 30.8 Å². The number of sulfonamides is 1. The fourth-order valence-electron chi connectivity index (χ4n) is 3.69. The van der Waals surface area contributed by atoms with Gasteiger partial charge in [0.2, 0.25) is 10.0 Å². The molecule has 1 fully saturated rings. The Morgan fingerprint density at radius 1 is 1.13 bits per heavy atom. The normalized spacial score (nSPS) is 16.0. The lowest BCUT2D eigenvalue weighted by Crippen LogP contribution is -2.36. The second-order valence-electron chi connectivity index (χ2n) is 7.26. The molecule has 1 saturated heterocycles. The Labute approximate surface area is 174 Å². The molecule has 30 heavy (non-hydrogen) atoms. The summed E-state index contributed by atoms with van der Waals surface area (Å²) in [6, 6.07) is 14.1. The molecule has 0 unspecified atom stereocenters. The highest BCUT2D eigenvalue weighted by atomic mass is 32.2. The van der Waals surface area contributed by atoms with Gasteiger partial charge in [0.25, 0.3) is 5.91 Å². The minimum atomic E-state index is -3.21. The van der Waals surface area contributed by atoms with Gasteiger partial charge in [-0.15, -0.1) is 0 Å². The van der Waals surface area contributed by atoms with E-state index in [-0.39, 0.29) is 35.4 Å². The topological polar surface area (TPSA) is 96.7 Å². The molecule has 2 aromatic carbocycles. The molecule has 1 aliphatic heterocycles. The first kappa shape index (κ1) is 20.3. The molecule has 2 heterocycles. The van der Waals surface area contributed by atoms with Crippen molar-refractivity contribution in [1.29, 1.82) is 0 Å². The lowest BCUT2D eigenvalue weighted by Gasteiger charge is -2.15. The van der Waals surface area contributed by atoms with Crippen molar-refractivity contribution in [2.24, 2.45) is 0 Å². The van der Waals surface area contributed by atoms with Gasteiger partial charge in [-0.25, -0.2) is 12.7 Å². The maximum atomic E-state index is 12.9. The molecule has 0 spiro atoms. The summed E-state index contributed by atoms with van der Waals surface area (Å²) >= 11 is 0. The Kier molecular flexibility index (Phi) is 5.44. The quantitative estimate of drug-likeness (QED) is 0.676.